The minimum Gasteiger partial charge on any atom is -0.493 e. The van der Waals surface area contributed by atoms with E-state index >= 15 is 0 Å². The average molecular weight is 400 g/mol. The number of carbonyl (C=O) groups excluding carboxylic acids is 1. The fourth-order valence-corrected chi connectivity index (χ4v) is 2.85. The van der Waals surface area contributed by atoms with E-state index in [1.54, 1.807) is 6.07 Å². The Morgan fingerprint density at radius 1 is 1.21 bits per heavy atom. The molecular formula is C24H29NO3. The first-order valence-electron chi connectivity index (χ1n) is 18.3. The van der Waals surface area contributed by atoms with E-state index in [4.69, 9.17) is 32.2 Å². The zero-order chi connectivity index (χ0) is 37.1. The van der Waals surface area contributed by atoms with E-state index in [1.807, 2.05) is 0 Å². The number of benzene rings is 2. The standard InChI is InChI=1S/C24H29NO3/c1-27-22-14-19-13-20(24(26)21(19)15-23(22)28-2)12-17-8-10-25(11-9-17)16-18-6-4-3-5-7-18/h3-7,14-15,17,20H,8-13,16H2,1-2H3/i1D3,2D3,8D2,9D2,10D2,11D2,12D2,14D,15D,17D,20D. The number of rotatable bonds is 6. The number of piperidine rings is 1. The van der Waals surface area contributed by atoms with Gasteiger partial charge in [-0.2, -0.15) is 0 Å². The zero-order valence-electron chi connectivity index (χ0n) is 34.5. The lowest BCUT2D eigenvalue weighted by atomic mass is 9.85. The lowest BCUT2D eigenvalue weighted by molar-refractivity contribution is 0.0895. The number of likely N-dealkylation sites (tertiary alicyclic amines) is 1. The molecule has 1 atom stereocenters. The van der Waals surface area contributed by atoms with Gasteiger partial charge in [-0.3, -0.25) is 9.69 Å². The van der Waals surface area contributed by atoms with E-state index in [9.17, 15) is 4.79 Å². The van der Waals surface area contributed by atoms with Crippen molar-refractivity contribution in [1.82, 2.24) is 4.90 Å². The molecule has 0 aromatic heterocycles. The van der Waals surface area contributed by atoms with E-state index in [-0.39, 0.29) is 10.5 Å². The molecule has 1 heterocycles. The number of ether oxygens (including phenoxy) is 2. The van der Waals surface area contributed by atoms with Crippen molar-refractivity contribution in [2.45, 2.75) is 32.1 Å². The average Bonchev–Trinajstić information content (AvgIpc) is 3.22. The largest absolute Gasteiger partial charge is 0.493 e. The van der Waals surface area contributed by atoms with Crippen molar-refractivity contribution in [3.63, 3.8) is 0 Å². The van der Waals surface area contributed by atoms with Crippen LogP contribution in [0.3, 0.4) is 0 Å². The number of fused-ring (bicyclic) bond motifs is 1. The molecule has 148 valence electrons. The molecule has 4 heteroatoms. The van der Waals surface area contributed by atoms with Crippen molar-refractivity contribution < 1.29 is 41.7 Å². The van der Waals surface area contributed by atoms with Crippen molar-refractivity contribution in [2.24, 2.45) is 11.8 Å². The number of ketones is 1. The number of hydrogen-bond donors (Lipinski definition) is 0. The van der Waals surface area contributed by atoms with Crippen LogP contribution < -0.4 is 9.47 Å². The molecule has 0 amide bonds. The molecule has 0 N–H and O–H groups in total. The topological polar surface area (TPSA) is 38.8 Å². The second kappa shape index (κ2) is 8.36. The van der Waals surface area contributed by atoms with Gasteiger partial charge in [0.25, 0.3) is 0 Å². The van der Waals surface area contributed by atoms with Gasteiger partial charge in [-0.05, 0) is 67.6 Å². The molecule has 1 aliphatic carbocycles. The second-order valence-corrected chi connectivity index (χ2v) is 6.00. The minimum atomic E-state index is -4.28. The van der Waals surface area contributed by atoms with Crippen molar-refractivity contribution in [1.29, 1.82) is 0 Å². The van der Waals surface area contributed by atoms with E-state index in [0.29, 0.717) is 0 Å². The highest BCUT2D eigenvalue weighted by Crippen LogP contribution is 2.39. The van der Waals surface area contributed by atoms with Crippen LogP contribution in [0.4, 0.5) is 0 Å². The van der Waals surface area contributed by atoms with Gasteiger partial charge < -0.3 is 9.47 Å². The first kappa shape index (κ1) is 6.60. The highest BCUT2D eigenvalue weighted by Gasteiger charge is 2.34. The fraction of sp³-hybridized carbons (Fsp3) is 0.458. The molecule has 1 saturated heterocycles. The minimum absolute atomic E-state index is 0.153. The third-order valence-electron chi connectivity index (χ3n) is 4.16. The molecule has 0 saturated carbocycles. The predicted octanol–water partition coefficient (Wildman–Crippen LogP) is 4.36. The van der Waals surface area contributed by atoms with Gasteiger partial charge in [-0.25, -0.2) is 0 Å². The summed E-state index contributed by atoms with van der Waals surface area (Å²) in [6.07, 6.45) is -13.7. The van der Waals surface area contributed by atoms with Gasteiger partial charge in [0, 0.05) is 34.5 Å². The molecule has 0 radical (unpaired) electrons. The maximum atomic E-state index is 14.0. The number of carbonyl (C=O) groups is 1. The maximum Gasteiger partial charge on any atom is 0.166 e. The molecular weight excluding hydrogens is 350 g/mol. The van der Waals surface area contributed by atoms with Crippen LogP contribution in [-0.4, -0.2) is 37.8 Å². The molecule has 4 rings (SSSR count). The zero-order valence-corrected chi connectivity index (χ0v) is 14.5. The van der Waals surface area contributed by atoms with Crippen LogP contribution in [0.5, 0.6) is 11.5 Å². The molecule has 28 heavy (non-hydrogen) atoms. The smallest absolute Gasteiger partial charge is 0.166 e. The van der Waals surface area contributed by atoms with Crippen LogP contribution in [0.25, 0.3) is 0 Å². The van der Waals surface area contributed by atoms with Crippen LogP contribution in [0.2, 0.25) is 0 Å². The number of methoxy groups -OCH3 is 2. The second-order valence-electron chi connectivity index (χ2n) is 6.00. The summed E-state index contributed by atoms with van der Waals surface area (Å²) in [6.45, 7) is -8.14. The SMILES string of the molecule is [2H]c1c2c(c([2H])c(OC([2H])([2H])[2H])c1OC([2H])([2H])[2H])C(=O)C([2H])(C([2H])([2H])C1([2H])C([2H])([2H])C([2H])([2H])N(Cc3ccccc3)C([2H])([2H])C1([2H])[2H])C2. The summed E-state index contributed by atoms with van der Waals surface area (Å²) < 4.78 is 177. The summed E-state index contributed by atoms with van der Waals surface area (Å²) in [7, 11) is -6.80. The summed E-state index contributed by atoms with van der Waals surface area (Å²) in [5, 5.41) is 0. The Bertz CT molecular complexity index is 1590. The van der Waals surface area contributed by atoms with Gasteiger partial charge in [-0.15, -0.1) is 0 Å². The Hall–Kier alpha value is -2.33. The Labute approximate surface area is 195 Å². The molecule has 0 spiro atoms. The summed E-state index contributed by atoms with van der Waals surface area (Å²) in [4.78, 5) is 14.1. The van der Waals surface area contributed by atoms with Crippen LogP contribution in [-0.2, 0) is 13.0 Å². The monoisotopic (exact) mass is 399 g/mol. The Morgan fingerprint density at radius 3 is 2.64 bits per heavy atom. The lowest BCUT2D eigenvalue weighted by Gasteiger charge is -2.32. The normalized spacial score (nSPS) is 43.1. The van der Waals surface area contributed by atoms with Crippen LogP contribution in [0.1, 0.15) is 68.0 Å². The summed E-state index contributed by atoms with van der Waals surface area (Å²) in [5.41, 5.74) is -1.64. The number of Topliss-reactive ketones (excluding diaryl/α,β-unsaturated/α-hetero) is 1. The predicted molar refractivity (Wildman–Crippen MR) is 110 cm³/mol. The maximum absolute atomic E-state index is 14.0. The first-order chi connectivity index (χ1) is 21.3. The quantitative estimate of drug-likeness (QED) is 0.723. The summed E-state index contributed by atoms with van der Waals surface area (Å²) in [5.74, 6) is -12.1. The van der Waals surface area contributed by atoms with Crippen molar-refractivity contribution in [2.75, 3.05) is 27.1 Å². The number of hydrogen-bond acceptors (Lipinski definition) is 4. The molecule has 2 aromatic carbocycles. The Balaban J connectivity index is 1.96. The van der Waals surface area contributed by atoms with Crippen molar-refractivity contribution in [3.05, 3.63) is 59.1 Å². The highest BCUT2D eigenvalue weighted by molar-refractivity contribution is 6.02. The van der Waals surface area contributed by atoms with E-state index in [1.165, 1.54) is 24.3 Å². The summed E-state index contributed by atoms with van der Waals surface area (Å²) in [6, 6.07) is 5.01. The third kappa shape index (κ3) is 3.93. The highest BCUT2D eigenvalue weighted by atomic mass is 16.5. The molecule has 4 nitrogen and oxygen atoms in total. The van der Waals surface area contributed by atoms with Gasteiger partial charge in [-0.1, -0.05) is 30.3 Å². The third-order valence-corrected chi connectivity index (χ3v) is 4.16. The van der Waals surface area contributed by atoms with Crippen LogP contribution >= 0.6 is 0 Å². The van der Waals surface area contributed by atoms with E-state index in [0.717, 1.165) is 0 Å². The molecule has 0 bridgehead atoms. The van der Waals surface area contributed by atoms with E-state index in [2.05, 4.69) is 4.74 Å². The molecule has 1 unspecified atom stereocenters. The van der Waals surface area contributed by atoms with Gasteiger partial charge in [0.1, 0.15) is 0 Å². The molecule has 2 aliphatic rings. The Morgan fingerprint density at radius 2 is 1.93 bits per heavy atom. The van der Waals surface area contributed by atoms with E-state index < -0.39 is 111 Å². The molecule has 1 aliphatic heterocycles. The Kier molecular flexibility index (Phi) is 1.97. The van der Waals surface area contributed by atoms with Crippen molar-refractivity contribution in [3.8, 4) is 11.5 Å². The molecule has 1 fully saturated rings. The fourth-order valence-electron chi connectivity index (χ4n) is 2.85. The number of nitrogens with zero attached hydrogens (tertiary/aromatic N) is 1. The first-order valence-corrected chi connectivity index (χ1v) is 8.26. The lowest BCUT2D eigenvalue weighted by Crippen LogP contribution is -2.34. The van der Waals surface area contributed by atoms with Gasteiger partial charge in [0.2, 0.25) is 0 Å². The van der Waals surface area contributed by atoms with Crippen LogP contribution in [0.15, 0.2) is 42.4 Å². The van der Waals surface area contributed by atoms with Gasteiger partial charge in [0.05, 0.1) is 25.0 Å². The van der Waals surface area contributed by atoms with Gasteiger partial charge in [0.15, 0.2) is 17.3 Å². The van der Waals surface area contributed by atoms with Crippen LogP contribution in [0, 0.1) is 11.8 Å². The van der Waals surface area contributed by atoms with Crippen molar-refractivity contribution >= 4 is 5.78 Å². The molecule has 2 aromatic rings. The van der Waals surface area contributed by atoms with Gasteiger partial charge >= 0.3 is 0 Å². The summed E-state index contributed by atoms with van der Waals surface area (Å²) >= 11 is 0.